The van der Waals surface area contributed by atoms with Crippen molar-refractivity contribution in [3.05, 3.63) is 18.6 Å². The molecule has 0 fully saturated rings. The van der Waals surface area contributed by atoms with Gasteiger partial charge < -0.3 is 0 Å². The van der Waals surface area contributed by atoms with E-state index in [1.165, 1.54) is 5.57 Å². The second kappa shape index (κ2) is 3.05. The summed E-state index contributed by atoms with van der Waals surface area (Å²) in [6.07, 6.45) is 3.31. The fourth-order valence-corrected chi connectivity index (χ4v) is 0.480. The van der Waals surface area contributed by atoms with Gasteiger partial charge in [0.25, 0.3) is 0 Å². The Bertz CT molecular complexity index is 93.1. The molecule has 0 aromatic carbocycles. The highest BCUT2D eigenvalue weighted by Gasteiger charge is 2.08. The van der Waals surface area contributed by atoms with Crippen molar-refractivity contribution in [2.24, 2.45) is 5.41 Å². The van der Waals surface area contributed by atoms with Gasteiger partial charge in [0, 0.05) is 0 Å². The van der Waals surface area contributed by atoms with Gasteiger partial charge in [-0.1, -0.05) is 32.9 Å². The van der Waals surface area contributed by atoms with E-state index in [2.05, 4.69) is 33.8 Å². The first kappa shape index (κ1) is 8.74. The van der Waals surface area contributed by atoms with Crippen LogP contribution in [0.2, 0.25) is 0 Å². The molecule has 0 amide bonds. The number of rotatable bonds is 2. The Morgan fingerprint density at radius 3 is 2.00 bits per heavy atom. The van der Waals surface area contributed by atoms with Crippen LogP contribution in [0.4, 0.5) is 0 Å². The SMILES string of the molecule is C=C(C)[CH]CC(C)(C)C. The highest BCUT2D eigenvalue weighted by molar-refractivity contribution is 5.04. The zero-order chi connectivity index (χ0) is 7.49. The summed E-state index contributed by atoms with van der Waals surface area (Å²) in [6, 6.07) is 0. The van der Waals surface area contributed by atoms with Crippen LogP contribution >= 0.6 is 0 Å². The van der Waals surface area contributed by atoms with Gasteiger partial charge in [-0.05, 0) is 25.2 Å². The predicted molar refractivity (Wildman–Crippen MR) is 43.2 cm³/mol. The fourth-order valence-electron chi connectivity index (χ4n) is 0.480. The zero-order valence-electron chi connectivity index (χ0n) is 6.99. The summed E-state index contributed by atoms with van der Waals surface area (Å²) in [5.41, 5.74) is 1.59. The predicted octanol–water partition coefficient (Wildman–Crippen LogP) is 3.20. The molecule has 0 heterocycles. The Hall–Kier alpha value is -0.260. The molecule has 0 aromatic heterocycles. The molecule has 9 heavy (non-hydrogen) atoms. The average Bonchev–Trinajstić information content (AvgIpc) is 1.59. The molecule has 0 aliphatic heterocycles. The Kier molecular flexibility index (Phi) is 2.96. The van der Waals surface area contributed by atoms with Crippen LogP contribution < -0.4 is 0 Å². The van der Waals surface area contributed by atoms with E-state index in [4.69, 9.17) is 0 Å². The summed E-state index contributed by atoms with van der Waals surface area (Å²) in [5.74, 6) is 0. The molecule has 0 saturated carbocycles. The summed E-state index contributed by atoms with van der Waals surface area (Å²) in [6.45, 7) is 12.5. The van der Waals surface area contributed by atoms with Crippen molar-refractivity contribution in [3.8, 4) is 0 Å². The monoisotopic (exact) mass is 125 g/mol. The third kappa shape index (κ3) is 7.74. The second-order valence-corrected chi connectivity index (χ2v) is 3.82. The van der Waals surface area contributed by atoms with Crippen LogP contribution in [0.15, 0.2) is 12.2 Å². The lowest BCUT2D eigenvalue weighted by atomic mass is 9.89. The molecule has 0 atom stereocenters. The first-order valence-corrected chi connectivity index (χ1v) is 3.40. The summed E-state index contributed by atoms with van der Waals surface area (Å²) < 4.78 is 0. The Morgan fingerprint density at radius 2 is 1.89 bits per heavy atom. The van der Waals surface area contributed by atoms with Crippen molar-refractivity contribution in [1.82, 2.24) is 0 Å². The Balaban J connectivity index is 3.39. The van der Waals surface area contributed by atoms with E-state index in [9.17, 15) is 0 Å². The van der Waals surface area contributed by atoms with E-state index in [-0.39, 0.29) is 0 Å². The van der Waals surface area contributed by atoms with Crippen molar-refractivity contribution in [3.63, 3.8) is 0 Å². The molecule has 0 aliphatic rings. The van der Waals surface area contributed by atoms with Crippen LogP contribution in [-0.2, 0) is 0 Å². The average molecular weight is 125 g/mol. The Labute approximate surface area is 59.0 Å². The molecule has 0 heteroatoms. The maximum absolute atomic E-state index is 3.80. The third-order valence-electron chi connectivity index (χ3n) is 1.06. The van der Waals surface area contributed by atoms with Crippen molar-refractivity contribution < 1.29 is 0 Å². The Morgan fingerprint density at radius 1 is 1.44 bits per heavy atom. The summed E-state index contributed by atoms with van der Waals surface area (Å²) in [7, 11) is 0. The molecule has 0 nitrogen and oxygen atoms in total. The van der Waals surface area contributed by atoms with Crippen LogP contribution in [-0.4, -0.2) is 0 Å². The molecule has 0 aliphatic carbocycles. The van der Waals surface area contributed by atoms with Gasteiger partial charge in [-0.3, -0.25) is 0 Å². The largest absolute Gasteiger partial charge is 0.0998 e. The molecule has 1 radical (unpaired) electrons. The lowest BCUT2D eigenvalue weighted by Crippen LogP contribution is -2.04. The molecule has 53 valence electrons. The molecule has 0 bridgehead atoms. The number of hydrogen-bond donors (Lipinski definition) is 0. The molecular formula is C9H17. The van der Waals surface area contributed by atoms with E-state index in [1.807, 2.05) is 6.92 Å². The second-order valence-electron chi connectivity index (χ2n) is 3.82. The van der Waals surface area contributed by atoms with Gasteiger partial charge in [-0.15, -0.1) is 0 Å². The third-order valence-corrected chi connectivity index (χ3v) is 1.06. The van der Waals surface area contributed by atoms with E-state index in [1.54, 1.807) is 0 Å². The first-order chi connectivity index (χ1) is 3.92. The van der Waals surface area contributed by atoms with Gasteiger partial charge in [-0.25, -0.2) is 0 Å². The van der Waals surface area contributed by atoms with Gasteiger partial charge in [0.2, 0.25) is 0 Å². The van der Waals surface area contributed by atoms with E-state index < -0.39 is 0 Å². The minimum absolute atomic E-state index is 0.416. The van der Waals surface area contributed by atoms with Gasteiger partial charge in [-0.2, -0.15) is 0 Å². The topological polar surface area (TPSA) is 0 Å². The normalized spacial score (nSPS) is 11.6. The molecule has 0 N–H and O–H groups in total. The van der Waals surface area contributed by atoms with Gasteiger partial charge in [0.1, 0.15) is 0 Å². The van der Waals surface area contributed by atoms with E-state index >= 15 is 0 Å². The van der Waals surface area contributed by atoms with Crippen molar-refractivity contribution >= 4 is 0 Å². The van der Waals surface area contributed by atoms with Gasteiger partial charge in [0.15, 0.2) is 0 Å². The van der Waals surface area contributed by atoms with Crippen molar-refractivity contribution in [2.75, 3.05) is 0 Å². The van der Waals surface area contributed by atoms with Gasteiger partial charge in [0.05, 0.1) is 0 Å². The molecule has 0 rings (SSSR count). The van der Waals surface area contributed by atoms with Gasteiger partial charge >= 0.3 is 0 Å². The minimum atomic E-state index is 0.416. The first-order valence-electron chi connectivity index (χ1n) is 3.40. The minimum Gasteiger partial charge on any atom is -0.0998 e. The van der Waals surface area contributed by atoms with Crippen LogP contribution in [0.1, 0.15) is 34.1 Å². The maximum Gasteiger partial charge on any atom is -0.0138 e. The smallest absolute Gasteiger partial charge is 0.0138 e. The zero-order valence-corrected chi connectivity index (χ0v) is 6.99. The lowest BCUT2D eigenvalue weighted by molar-refractivity contribution is 0.409. The molecule has 0 aromatic rings. The fraction of sp³-hybridized carbons (Fsp3) is 0.667. The molecule has 0 saturated heterocycles. The summed E-state index contributed by atoms with van der Waals surface area (Å²) >= 11 is 0. The molecule has 0 spiro atoms. The van der Waals surface area contributed by atoms with Crippen LogP contribution in [0.25, 0.3) is 0 Å². The van der Waals surface area contributed by atoms with Crippen LogP contribution in [0, 0.1) is 11.8 Å². The maximum atomic E-state index is 3.80. The number of allylic oxidation sites excluding steroid dienone is 1. The van der Waals surface area contributed by atoms with E-state index in [0.717, 1.165) is 6.42 Å². The summed E-state index contributed by atoms with van der Waals surface area (Å²) in [5, 5.41) is 0. The van der Waals surface area contributed by atoms with Crippen LogP contribution in [0.5, 0.6) is 0 Å². The highest BCUT2D eigenvalue weighted by atomic mass is 14.1. The summed E-state index contributed by atoms with van der Waals surface area (Å²) in [4.78, 5) is 0. The van der Waals surface area contributed by atoms with E-state index in [0.29, 0.717) is 5.41 Å². The highest BCUT2D eigenvalue weighted by Crippen LogP contribution is 2.21. The quantitative estimate of drug-likeness (QED) is 0.531. The van der Waals surface area contributed by atoms with Crippen molar-refractivity contribution in [2.45, 2.75) is 34.1 Å². The molecular weight excluding hydrogens is 108 g/mol. The number of hydrogen-bond acceptors (Lipinski definition) is 0. The molecule has 0 unspecified atom stereocenters. The standard InChI is InChI=1S/C9H17/c1-8(2)6-7-9(3,4)5/h6H,1,7H2,2-5H3. The van der Waals surface area contributed by atoms with Crippen LogP contribution in [0.3, 0.4) is 0 Å². The van der Waals surface area contributed by atoms with Crippen molar-refractivity contribution in [1.29, 1.82) is 0 Å². The lowest BCUT2D eigenvalue weighted by Gasteiger charge is -2.16.